The molecule has 4 aromatic rings. The summed E-state index contributed by atoms with van der Waals surface area (Å²) in [6, 6.07) is 21.4. The molecule has 0 aliphatic carbocycles. The fraction of sp³-hybridized carbons (Fsp3) is 0.200. The zero-order valence-electron chi connectivity index (χ0n) is 22.8. The summed E-state index contributed by atoms with van der Waals surface area (Å²) >= 11 is 0. The van der Waals surface area contributed by atoms with Crippen molar-refractivity contribution in [3.8, 4) is 34.0 Å². The van der Waals surface area contributed by atoms with Gasteiger partial charge in [0, 0.05) is 29.7 Å². The fourth-order valence-electron chi connectivity index (χ4n) is 4.28. The summed E-state index contributed by atoms with van der Waals surface area (Å²) in [6.07, 6.45) is -3.27. The molecule has 0 aliphatic heterocycles. The van der Waals surface area contributed by atoms with Crippen LogP contribution in [0.4, 0.5) is 4.39 Å². The Kier molecular flexibility index (Phi) is 12.8. The van der Waals surface area contributed by atoms with Gasteiger partial charge in [-0.2, -0.15) is 0 Å². The summed E-state index contributed by atoms with van der Waals surface area (Å²) in [5, 5.41) is 22.5. The molecule has 194 valence electrons. The maximum absolute atomic E-state index is 13.8. The van der Waals surface area contributed by atoms with Gasteiger partial charge < -0.3 is 24.5 Å². The molecule has 1 unspecified atom stereocenters. The zero-order chi connectivity index (χ0) is 27.4. The van der Waals surface area contributed by atoms with E-state index >= 15 is 0 Å². The summed E-state index contributed by atoms with van der Waals surface area (Å²) in [5.41, 5.74) is 5.91. The molecule has 2 atom stereocenters. The van der Waals surface area contributed by atoms with Gasteiger partial charge >= 0.3 is 59.1 Å². The Hall–Kier alpha value is -1.82. The Bertz CT molecular complexity index is 1610. The van der Waals surface area contributed by atoms with Gasteiger partial charge in [0.05, 0.1) is 30.4 Å². The number of aliphatic carboxylic acids is 1. The second-order valence-electron chi connectivity index (χ2n) is 9.33. The van der Waals surface area contributed by atoms with Crippen LogP contribution in [0.1, 0.15) is 37.4 Å². The second-order valence-corrected chi connectivity index (χ2v) is 11.3. The van der Waals surface area contributed by atoms with Crippen molar-refractivity contribution < 1.29 is 88.0 Å². The molecule has 0 fully saturated rings. The molecule has 6 nitrogen and oxygen atoms in total. The van der Waals surface area contributed by atoms with E-state index in [0.717, 1.165) is 16.3 Å². The Labute approximate surface area is 277 Å². The molecule has 10 heteroatoms. The number of halogens is 1. The topological polar surface area (TPSA) is 113 Å². The van der Waals surface area contributed by atoms with E-state index in [-0.39, 0.29) is 65.0 Å². The van der Waals surface area contributed by atoms with E-state index in [1.807, 2.05) is 62.4 Å². The Morgan fingerprint density at radius 3 is 2.33 bits per heavy atom. The average Bonchev–Trinajstić information content (AvgIpc) is 2.86. The summed E-state index contributed by atoms with van der Waals surface area (Å²) in [5.74, 6) is 0.612. The number of nitrogens with zero attached hydrogens (tertiary/aromatic N) is 1. The van der Waals surface area contributed by atoms with Crippen molar-refractivity contribution in [3.05, 3.63) is 89.9 Å². The van der Waals surface area contributed by atoms with Crippen molar-refractivity contribution in [1.29, 1.82) is 0 Å². The summed E-state index contributed by atoms with van der Waals surface area (Å²) in [7, 11) is -4.48. The smallest absolute Gasteiger partial charge is 0.790 e. The van der Waals surface area contributed by atoms with Crippen LogP contribution in [0.25, 0.3) is 33.2 Å². The molecule has 1 heterocycles. The molecule has 0 saturated heterocycles. The Morgan fingerprint density at radius 2 is 1.68 bits per heavy atom. The molecule has 0 bridgehead atoms. The number of benzene rings is 3. The number of hydrogen-bond donors (Lipinski definition) is 1. The number of carbonyl (C=O) groups is 1. The van der Waals surface area contributed by atoms with Gasteiger partial charge in [0.15, 0.2) is 0 Å². The van der Waals surface area contributed by atoms with Crippen LogP contribution in [0.3, 0.4) is 0 Å². The van der Waals surface area contributed by atoms with E-state index in [0.29, 0.717) is 28.1 Å². The number of rotatable bonds is 7. The predicted molar refractivity (Wildman–Crippen MR) is 142 cm³/mol. The SMILES string of the molecule is CC(C)c1nc(-c2cccc3ccccc23)cc(-c2ccc(F)cc2)c1C#CP(=O)([O-])C[C@H](O)CC(=O)[O-].[Na+].[Na+]. The molecular formula is C30H25FNNa2O5P. The van der Waals surface area contributed by atoms with Crippen LogP contribution in [0.2, 0.25) is 0 Å². The molecular weight excluding hydrogens is 550 g/mol. The van der Waals surface area contributed by atoms with Crippen LogP contribution in [0.5, 0.6) is 0 Å². The minimum Gasteiger partial charge on any atom is -0.790 e. The third-order valence-corrected chi connectivity index (χ3v) is 7.37. The number of aliphatic hydroxyl groups is 1. The minimum atomic E-state index is -4.48. The predicted octanol–water partition coefficient (Wildman–Crippen LogP) is -1.71. The number of hydrogen-bond acceptors (Lipinski definition) is 6. The van der Waals surface area contributed by atoms with Crippen molar-refractivity contribution in [3.63, 3.8) is 0 Å². The van der Waals surface area contributed by atoms with Crippen LogP contribution in [-0.2, 0) is 9.36 Å². The maximum Gasteiger partial charge on any atom is 1.00 e. The van der Waals surface area contributed by atoms with E-state index in [2.05, 4.69) is 11.6 Å². The molecule has 1 N–H and O–H groups in total. The molecule has 40 heavy (non-hydrogen) atoms. The Balaban J connectivity index is 0.00000280. The monoisotopic (exact) mass is 575 g/mol. The van der Waals surface area contributed by atoms with E-state index in [1.54, 1.807) is 12.1 Å². The van der Waals surface area contributed by atoms with Crippen molar-refractivity contribution in [2.75, 3.05) is 6.16 Å². The average molecular weight is 575 g/mol. The first-order valence-electron chi connectivity index (χ1n) is 12.0. The minimum absolute atomic E-state index is 0. The third kappa shape index (κ3) is 8.59. The quantitative estimate of drug-likeness (QED) is 0.160. The second kappa shape index (κ2) is 14.9. The van der Waals surface area contributed by atoms with Crippen LogP contribution in [-0.4, -0.2) is 28.3 Å². The number of aliphatic hydroxyl groups excluding tert-OH is 1. The van der Waals surface area contributed by atoms with Crippen LogP contribution in [0, 0.1) is 17.4 Å². The molecule has 0 radical (unpaired) electrons. The zero-order valence-corrected chi connectivity index (χ0v) is 27.7. The number of aromatic nitrogens is 1. The van der Waals surface area contributed by atoms with Gasteiger partial charge in [0.1, 0.15) is 5.82 Å². The fourth-order valence-corrected chi connectivity index (χ4v) is 5.34. The van der Waals surface area contributed by atoms with E-state index < -0.39 is 37.8 Å². The standard InChI is InChI=1S/C30H27FNO5P.2Na/c1-19(2)30-26(14-15-38(36,37)18-23(33)16-29(34)35)27(21-10-12-22(31)13-11-21)17-28(32-30)25-9-5-7-20-6-3-4-8-24(20)25;;/h3-13,17,19,23,33H,16,18H2,1-2H3,(H,34,35)(H,36,37);;/q;2*+1/p-2/t23-;;/m1../s1. The van der Waals surface area contributed by atoms with E-state index in [9.17, 15) is 28.9 Å². The third-order valence-electron chi connectivity index (χ3n) is 6.02. The maximum atomic E-state index is 13.8. The van der Waals surface area contributed by atoms with Crippen molar-refractivity contribution in [2.24, 2.45) is 0 Å². The van der Waals surface area contributed by atoms with Crippen LogP contribution >= 0.6 is 7.37 Å². The number of fused-ring (bicyclic) bond motifs is 1. The normalized spacial score (nSPS) is 12.8. The van der Waals surface area contributed by atoms with Gasteiger partial charge in [-0.05, 0) is 46.1 Å². The van der Waals surface area contributed by atoms with Crippen LogP contribution < -0.4 is 69.1 Å². The molecule has 0 saturated carbocycles. The first kappa shape index (κ1) is 34.4. The summed E-state index contributed by atoms with van der Waals surface area (Å²) in [6.45, 7) is 3.82. The molecule has 0 aliphatic rings. The van der Waals surface area contributed by atoms with Gasteiger partial charge in [0.25, 0.3) is 0 Å². The molecule has 1 aromatic heterocycles. The summed E-state index contributed by atoms with van der Waals surface area (Å²) in [4.78, 5) is 28.2. The van der Waals surface area contributed by atoms with Gasteiger partial charge in [-0.3, -0.25) is 4.98 Å². The molecule has 0 spiro atoms. The number of carboxylic acids is 1. The first-order chi connectivity index (χ1) is 18.0. The van der Waals surface area contributed by atoms with Gasteiger partial charge in [0.2, 0.25) is 0 Å². The van der Waals surface area contributed by atoms with Gasteiger partial charge in [-0.25, -0.2) is 4.39 Å². The van der Waals surface area contributed by atoms with Crippen molar-refractivity contribution in [1.82, 2.24) is 4.98 Å². The van der Waals surface area contributed by atoms with Crippen molar-refractivity contribution >= 4 is 24.1 Å². The molecule has 4 rings (SSSR count). The summed E-state index contributed by atoms with van der Waals surface area (Å²) < 4.78 is 26.4. The first-order valence-corrected chi connectivity index (χ1v) is 13.9. The number of carboxylic acid groups (broad SMARTS) is 1. The van der Waals surface area contributed by atoms with E-state index in [1.165, 1.54) is 12.1 Å². The molecule has 0 amide bonds. The number of carbonyl (C=O) groups excluding carboxylic acids is 1. The molecule has 3 aromatic carbocycles. The van der Waals surface area contributed by atoms with Crippen LogP contribution in [0.15, 0.2) is 72.8 Å². The number of pyridine rings is 1. The van der Waals surface area contributed by atoms with E-state index in [4.69, 9.17) is 4.98 Å². The van der Waals surface area contributed by atoms with Crippen molar-refractivity contribution in [2.45, 2.75) is 32.3 Å². The largest absolute Gasteiger partial charge is 1.00 e. The van der Waals surface area contributed by atoms with Gasteiger partial charge in [-0.1, -0.05) is 74.4 Å². The Morgan fingerprint density at radius 1 is 1.02 bits per heavy atom. The van der Waals surface area contributed by atoms with Gasteiger partial charge in [-0.15, -0.1) is 0 Å².